The number of imidazole rings is 1. The molecule has 4 aromatic rings. The number of aliphatic imine (C=N–C) groups is 1. The van der Waals surface area contributed by atoms with E-state index in [9.17, 15) is 0 Å². The Bertz CT molecular complexity index is 1180. The fourth-order valence-electron chi connectivity index (χ4n) is 4.00. The van der Waals surface area contributed by atoms with Crippen molar-refractivity contribution in [1.82, 2.24) is 24.8 Å². The van der Waals surface area contributed by atoms with Gasteiger partial charge in [-0.25, -0.2) is 9.98 Å². The number of hydrogen-bond acceptors (Lipinski definition) is 7. The molecule has 3 aromatic heterocycles. The van der Waals surface area contributed by atoms with Crippen LogP contribution in [-0.2, 0) is 6.54 Å². The summed E-state index contributed by atoms with van der Waals surface area (Å²) in [5.41, 5.74) is 3.30. The standard InChI is InChI=1S/C21H19N7S/c1-2-7-17-16(6-1)24-21-27-14-26(12-15-5-3-9-22-11-15)13-23-20(27)25-19(28(17)21)18-8-4-10-29-18/h1-11,19H,12-14H2,(H,23,25)/t19-/m1/s1. The number of para-hydroxylation sites is 2. The lowest BCUT2D eigenvalue weighted by Gasteiger charge is -2.41. The Morgan fingerprint density at radius 3 is 2.93 bits per heavy atom. The van der Waals surface area contributed by atoms with E-state index in [0.717, 1.165) is 36.2 Å². The SMILES string of the molecule is c1cncc(CN2CN=C3N[C@@H](c4cccs4)n4c(nc5ccccc54)N3C2)c1. The smallest absolute Gasteiger partial charge is 0.216 e. The van der Waals surface area contributed by atoms with Crippen LogP contribution in [0.4, 0.5) is 5.95 Å². The normalized spacial score (nSPS) is 18.8. The molecule has 5 heterocycles. The third-order valence-electron chi connectivity index (χ3n) is 5.30. The summed E-state index contributed by atoms with van der Waals surface area (Å²) in [7, 11) is 0. The number of nitrogens with one attached hydrogen (secondary N) is 1. The number of guanidine groups is 1. The average molecular weight is 401 g/mol. The topological polar surface area (TPSA) is 61.6 Å². The van der Waals surface area contributed by atoms with Crippen LogP contribution >= 0.6 is 11.3 Å². The Labute approximate surface area is 172 Å². The summed E-state index contributed by atoms with van der Waals surface area (Å²) in [5, 5.41) is 5.76. The van der Waals surface area contributed by atoms with Crippen molar-refractivity contribution in [3.63, 3.8) is 0 Å². The third kappa shape index (κ3) is 2.80. The van der Waals surface area contributed by atoms with E-state index in [0.29, 0.717) is 6.67 Å². The van der Waals surface area contributed by atoms with E-state index in [1.165, 1.54) is 10.4 Å². The molecule has 1 atom stereocenters. The number of thiophene rings is 1. The minimum Gasteiger partial charge on any atom is -0.331 e. The Morgan fingerprint density at radius 1 is 1.10 bits per heavy atom. The summed E-state index contributed by atoms with van der Waals surface area (Å²) in [6.45, 7) is 2.17. The first kappa shape index (κ1) is 16.7. The van der Waals surface area contributed by atoms with Crippen LogP contribution in [0.5, 0.6) is 0 Å². The first-order valence-electron chi connectivity index (χ1n) is 9.57. The predicted octanol–water partition coefficient (Wildman–Crippen LogP) is 3.24. The maximum absolute atomic E-state index is 4.97. The van der Waals surface area contributed by atoms with Crippen LogP contribution in [-0.4, -0.2) is 38.7 Å². The molecular formula is C21H19N7S. The van der Waals surface area contributed by atoms with Crippen molar-refractivity contribution in [3.8, 4) is 0 Å². The van der Waals surface area contributed by atoms with Gasteiger partial charge >= 0.3 is 0 Å². The minimum absolute atomic E-state index is 0.00252. The van der Waals surface area contributed by atoms with Crippen LogP contribution in [0.2, 0.25) is 0 Å². The van der Waals surface area contributed by atoms with Gasteiger partial charge in [0.15, 0.2) is 0 Å². The van der Waals surface area contributed by atoms with Gasteiger partial charge in [0.2, 0.25) is 11.9 Å². The second-order valence-corrected chi connectivity index (χ2v) is 8.19. The second kappa shape index (κ2) is 6.68. The lowest BCUT2D eigenvalue weighted by atomic mass is 10.2. The molecule has 1 N–H and O–H groups in total. The van der Waals surface area contributed by atoms with Crippen LogP contribution < -0.4 is 10.2 Å². The summed E-state index contributed by atoms with van der Waals surface area (Å²) in [5.74, 6) is 1.81. The highest BCUT2D eigenvalue weighted by atomic mass is 32.1. The number of fused-ring (bicyclic) bond motifs is 5. The zero-order chi connectivity index (χ0) is 19.2. The molecule has 0 saturated heterocycles. The molecule has 8 heteroatoms. The van der Waals surface area contributed by atoms with Crippen molar-refractivity contribution in [2.45, 2.75) is 12.7 Å². The van der Waals surface area contributed by atoms with Gasteiger partial charge in [-0.3, -0.25) is 19.4 Å². The summed E-state index contributed by atoms with van der Waals surface area (Å²) < 4.78 is 2.29. The van der Waals surface area contributed by atoms with Gasteiger partial charge in [-0.1, -0.05) is 24.3 Å². The van der Waals surface area contributed by atoms with E-state index in [2.05, 4.69) is 66.4 Å². The zero-order valence-corrected chi connectivity index (χ0v) is 16.5. The van der Waals surface area contributed by atoms with Crippen LogP contribution in [0.25, 0.3) is 11.0 Å². The zero-order valence-electron chi connectivity index (χ0n) is 15.6. The number of rotatable bonds is 3. The molecule has 0 spiro atoms. The molecule has 29 heavy (non-hydrogen) atoms. The molecule has 0 unspecified atom stereocenters. The fourth-order valence-corrected chi connectivity index (χ4v) is 4.77. The van der Waals surface area contributed by atoms with Gasteiger partial charge in [-0.15, -0.1) is 11.3 Å². The summed E-state index contributed by atoms with van der Waals surface area (Å²) in [6.07, 6.45) is 3.71. The van der Waals surface area contributed by atoms with Crippen molar-refractivity contribution in [2.24, 2.45) is 4.99 Å². The Balaban J connectivity index is 1.42. The molecule has 2 aliphatic heterocycles. The van der Waals surface area contributed by atoms with Gasteiger partial charge in [0.05, 0.1) is 24.4 Å². The highest BCUT2D eigenvalue weighted by Gasteiger charge is 2.36. The van der Waals surface area contributed by atoms with Crippen molar-refractivity contribution in [2.75, 3.05) is 18.2 Å². The Hall–Kier alpha value is -3.23. The van der Waals surface area contributed by atoms with Crippen molar-refractivity contribution in [3.05, 3.63) is 76.7 Å². The lowest BCUT2D eigenvalue weighted by molar-refractivity contribution is 0.264. The maximum atomic E-state index is 4.97. The lowest BCUT2D eigenvalue weighted by Crippen LogP contribution is -2.57. The van der Waals surface area contributed by atoms with Crippen LogP contribution in [0.1, 0.15) is 16.6 Å². The highest BCUT2D eigenvalue weighted by molar-refractivity contribution is 7.10. The van der Waals surface area contributed by atoms with Crippen LogP contribution in [0.3, 0.4) is 0 Å². The molecule has 0 bridgehead atoms. The quantitative estimate of drug-likeness (QED) is 0.571. The molecule has 7 nitrogen and oxygen atoms in total. The number of aromatic nitrogens is 3. The van der Waals surface area contributed by atoms with Gasteiger partial charge < -0.3 is 5.32 Å². The number of hydrogen-bond donors (Lipinski definition) is 1. The Kier molecular flexibility index (Phi) is 3.85. The van der Waals surface area contributed by atoms with Gasteiger partial charge in [-0.05, 0) is 35.2 Å². The largest absolute Gasteiger partial charge is 0.331 e. The molecule has 6 rings (SSSR count). The maximum Gasteiger partial charge on any atom is 0.216 e. The molecule has 1 aromatic carbocycles. The van der Waals surface area contributed by atoms with E-state index in [1.807, 2.05) is 18.3 Å². The molecule has 0 radical (unpaired) electrons. The predicted molar refractivity (Wildman–Crippen MR) is 115 cm³/mol. The number of benzene rings is 1. The van der Waals surface area contributed by atoms with Crippen molar-refractivity contribution >= 4 is 34.3 Å². The summed E-state index contributed by atoms with van der Waals surface area (Å²) in [6, 6.07) is 16.6. The minimum atomic E-state index is -0.00252. The average Bonchev–Trinajstić information content (AvgIpc) is 3.43. The highest BCUT2D eigenvalue weighted by Crippen LogP contribution is 2.35. The van der Waals surface area contributed by atoms with Crippen molar-refractivity contribution < 1.29 is 0 Å². The van der Waals surface area contributed by atoms with Crippen LogP contribution in [0, 0.1) is 0 Å². The second-order valence-electron chi connectivity index (χ2n) is 7.22. The van der Waals surface area contributed by atoms with Gasteiger partial charge in [0.1, 0.15) is 6.17 Å². The monoisotopic (exact) mass is 401 g/mol. The first-order valence-corrected chi connectivity index (χ1v) is 10.4. The molecule has 0 amide bonds. The van der Waals surface area contributed by atoms with Gasteiger partial charge in [-0.2, -0.15) is 0 Å². The van der Waals surface area contributed by atoms with E-state index in [-0.39, 0.29) is 6.17 Å². The summed E-state index contributed by atoms with van der Waals surface area (Å²) in [4.78, 5) is 19.8. The van der Waals surface area contributed by atoms with E-state index >= 15 is 0 Å². The van der Waals surface area contributed by atoms with Crippen LogP contribution in [0.15, 0.2) is 71.3 Å². The van der Waals surface area contributed by atoms with Gasteiger partial charge in [0, 0.05) is 23.8 Å². The first-order chi connectivity index (χ1) is 14.4. The van der Waals surface area contributed by atoms with E-state index in [1.54, 1.807) is 17.5 Å². The number of anilines is 1. The molecule has 144 valence electrons. The Morgan fingerprint density at radius 2 is 2.07 bits per heavy atom. The molecule has 0 aliphatic carbocycles. The molecular weight excluding hydrogens is 382 g/mol. The third-order valence-corrected chi connectivity index (χ3v) is 6.23. The molecule has 0 saturated carbocycles. The van der Waals surface area contributed by atoms with Gasteiger partial charge in [0.25, 0.3) is 0 Å². The van der Waals surface area contributed by atoms with E-state index < -0.39 is 0 Å². The molecule has 2 aliphatic rings. The van der Waals surface area contributed by atoms with E-state index in [4.69, 9.17) is 9.98 Å². The molecule has 0 fully saturated rings. The summed E-state index contributed by atoms with van der Waals surface area (Å²) >= 11 is 1.74. The fraction of sp³-hybridized carbons (Fsp3) is 0.190. The number of pyridine rings is 1. The van der Waals surface area contributed by atoms with Crippen molar-refractivity contribution in [1.29, 1.82) is 0 Å². The number of nitrogens with zero attached hydrogens (tertiary/aromatic N) is 6.